The molecule has 3 N–H and O–H groups in total. The van der Waals surface area contributed by atoms with Crippen LogP contribution >= 0.6 is 0 Å². The standard InChI is InChI=1S/C14H20N2O2/c1-3-13(10(2)17)16-14(18)12(15)9-11-7-5-4-6-8-11/h4-8,12-13H,3,9,15H2,1-2H3,(H,16,18)/t12-,13?/m0/s1. The second-order valence-electron chi connectivity index (χ2n) is 4.38. The zero-order valence-electron chi connectivity index (χ0n) is 10.8. The fraction of sp³-hybridized carbons (Fsp3) is 0.429. The maximum atomic E-state index is 11.8. The number of hydrogen-bond donors (Lipinski definition) is 2. The van der Waals surface area contributed by atoms with Crippen LogP contribution in [0.1, 0.15) is 25.8 Å². The smallest absolute Gasteiger partial charge is 0.237 e. The third-order valence-electron chi connectivity index (χ3n) is 2.85. The lowest BCUT2D eigenvalue weighted by Gasteiger charge is -2.17. The third kappa shape index (κ3) is 4.30. The summed E-state index contributed by atoms with van der Waals surface area (Å²) in [6.07, 6.45) is 1.06. The number of benzene rings is 1. The Bertz CT molecular complexity index is 404. The van der Waals surface area contributed by atoms with Crippen LogP contribution in [-0.2, 0) is 16.0 Å². The highest BCUT2D eigenvalue weighted by molar-refractivity contribution is 5.89. The fourth-order valence-corrected chi connectivity index (χ4v) is 1.73. The molecule has 0 aliphatic heterocycles. The lowest BCUT2D eigenvalue weighted by Crippen LogP contribution is -2.48. The molecule has 0 aromatic heterocycles. The molecule has 1 rings (SSSR count). The van der Waals surface area contributed by atoms with Crippen LogP contribution in [-0.4, -0.2) is 23.8 Å². The Balaban J connectivity index is 2.54. The van der Waals surface area contributed by atoms with Crippen LogP contribution in [0.3, 0.4) is 0 Å². The van der Waals surface area contributed by atoms with Gasteiger partial charge in [0.25, 0.3) is 0 Å². The summed E-state index contributed by atoms with van der Waals surface area (Å²) in [4.78, 5) is 23.1. The first-order valence-corrected chi connectivity index (χ1v) is 6.15. The minimum Gasteiger partial charge on any atom is -0.345 e. The van der Waals surface area contributed by atoms with Crippen molar-refractivity contribution in [1.82, 2.24) is 5.32 Å². The zero-order valence-corrected chi connectivity index (χ0v) is 10.8. The summed E-state index contributed by atoms with van der Waals surface area (Å²) in [5.41, 5.74) is 6.84. The van der Waals surface area contributed by atoms with E-state index in [2.05, 4.69) is 5.32 Å². The van der Waals surface area contributed by atoms with Gasteiger partial charge in [-0.05, 0) is 25.3 Å². The number of hydrogen-bond acceptors (Lipinski definition) is 3. The molecule has 0 spiro atoms. The van der Waals surface area contributed by atoms with Gasteiger partial charge < -0.3 is 11.1 Å². The number of nitrogens with two attached hydrogens (primary N) is 1. The molecule has 4 nitrogen and oxygen atoms in total. The molecule has 0 radical (unpaired) electrons. The van der Waals surface area contributed by atoms with Gasteiger partial charge in [0.05, 0.1) is 12.1 Å². The van der Waals surface area contributed by atoms with Crippen molar-refractivity contribution in [1.29, 1.82) is 0 Å². The first-order chi connectivity index (χ1) is 8.54. The van der Waals surface area contributed by atoms with E-state index < -0.39 is 12.1 Å². The van der Waals surface area contributed by atoms with Gasteiger partial charge in [-0.1, -0.05) is 37.3 Å². The van der Waals surface area contributed by atoms with Gasteiger partial charge in [0.1, 0.15) is 0 Å². The fourth-order valence-electron chi connectivity index (χ4n) is 1.73. The van der Waals surface area contributed by atoms with E-state index in [0.717, 1.165) is 5.56 Å². The van der Waals surface area contributed by atoms with Crippen LogP contribution < -0.4 is 11.1 Å². The first-order valence-electron chi connectivity index (χ1n) is 6.15. The quantitative estimate of drug-likeness (QED) is 0.790. The molecule has 1 aromatic carbocycles. The van der Waals surface area contributed by atoms with E-state index in [9.17, 15) is 9.59 Å². The molecule has 0 bridgehead atoms. The Hall–Kier alpha value is -1.68. The Labute approximate surface area is 108 Å². The highest BCUT2D eigenvalue weighted by atomic mass is 16.2. The lowest BCUT2D eigenvalue weighted by molar-refractivity contribution is -0.127. The van der Waals surface area contributed by atoms with Crippen LogP contribution in [0.5, 0.6) is 0 Å². The van der Waals surface area contributed by atoms with E-state index in [4.69, 9.17) is 5.73 Å². The first kappa shape index (κ1) is 14.4. The Morgan fingerprint density at radius 2 is 1.89 bits per heavy atom. The van der Waals surface area contributed by atoms with Gasteiger partial charge in [-0.25, -0.2) is 0 Å². The minimum absolute atomic E-state index is 0.0437. The molecule has 0 aliphatic rings. The maximum Gasteiger partial charge on any atom is 0.237 e. The van der Waals surface area contributed by atoms with Crippen molar-refractivity contribution in [2.75, 3.05) is 0 Å². The summed E-state index contributed by atoms with van der Waals surface area (Å²) in [5, 5.41) is 2.67. The summed E-state index contributed by atoms with van der Waals surface area (Å²) in [5.74, 6) is -0.321. The molecule has 0 saturated carbocycles. The van der Waals surface area contributed by atoms with E-state index >= 15 is 0 Å². The summed E-state index contributed by atoms with van der Waals surface area (Å²) in [6, 6.07) is 8.53. The Morgan fingerprint density at radius 3 is 2.39 bits per heavy atom. The van der Waals surface area contributed by atoms with Gasteiger partial charge in [-0.3, -0.25) is 9.59 Å². The summed E-state index contributed by atoms with van der Waals surface area (Å²) in [7, 11) is 0. The van der Waals surface area contributed by atoms with Gasteiger partial charge in [-0.2, -0.15) is 0 Å². The monoisotopic (exact) mass is 248 g/mol. The van der Waals surface area contributed by atoms with Crippen molar-refractivity contribution < 1.29 is 9.59 Å². The van der Waals surface area contributed by atoms with Crippen molar-refractivity contribution in [3.05, 3.63) is 35.9 Å². The second-order valence-corrected chi connectivity index (χ2v) is 4.38. The van der Waals surface area contributed by atoms with Crippen LogP contribution in [0, 0.1) is 0 Å². The number of carbonyl (C=O) groups is 2. The highest BCUT2D eigenvalue weighted by Crippen LogP contribution is 2.02. The minimum atomic E-state index is -0.624. The molecule has 1 aromatic rings. The van der Waals surface area contributed by atoms with Gasteiger partial charge in [-0.15, -0.1) is 0 Å². The van der Waals surface area contributed by atoms with Crippen LogP contribution in [0.25, 0.3) is 0 Å². The van der Waals surface area contributed by atoms with Crippen molar-refractivity contribution >= 4 is 11.7 Å². The number of ketones is 1. The predicted octanol–water partition coefficient (Wildman–Crippen LogP) is 1.04. The summed E-state index contributed by atoms with van der Waals surface area (Å²) in [6.45, 7) is 3.33. The zero-order chi connectivity index (χ0) is 13.5. The Morgan fingerprint density at radius 1 is 1.28 bits per heavy atom. The average Bonchev–Trinajstić information content (AvgIpc) is 2.36. The van der Waals surface area contributed by atoms with Crippen molar-refractivity contribution in [2.24, 2.45) is 5.73 Å². The number of carbonyl (C=O) groups excluding carboxylic acids is 2. The molecule has 1 unspecified atom stereocenters. The topological polar surface area (TPSA) is 72.2 Å². The molecule has 18 heavy (non-hydrogen) atoms. The van der Waals surface area contributed by atoms with E-state index in [1.807, 2.05) is 37.3 Å². The lowest BCUT2D eigenvalue weighted by atomic mass is 10.0. The van der Waals surface area contributed by atoms with Gasteiger partial charge in [0.2, 0.25) is 5.91 Å². The SMILES string of the molecule is CCC(NC(=O)[C@@H](N)Cc1ccccc1)C(C)=O. The molecule has 4 heteroatoms. The van der Waals surface area contributed by atoms with E-state index in [1.165, 1.54) is 6.92 Å². The molecular formula is C14H20N2O2. The molecule has 98 valence electrons. The molecule has 0 saturated heterocycles. The molecule has 0 heterocycles. The summed E-state index contributed by atoms with van der Waals surface area (Å²) < 4.78 is 0. The van der Waals surface area contributed by atoms with Crippen LogP contribution in [0.2, 0.25) is 0 Å². The molecule has 2 atom stereocenters. The van der Waals surface area contributed by atoms with Crippen LogP contribution in [0.15, 0.2) is 30.3 Å². The number of Topliss-reactive ketones (excluding diaryl/α,β-unsaturated/α-hetero) is 1. The number of rotatable bonds is 6. The largest absolute Gasteiger partial charge is 0.345 e. The third-order valence-corrected chi connectivity index (χ3v) is 2.85. The maximum absolute atomic E-state index is 11.8. The molecular weight excluding hydrogens is 228 g/mol. The van der Waals surface area contributed by atoms with E-state index in [-0.39, 0.29) is 11.7 Å². The number of amides is 1. The molecule has 1 amide bonds. The van der Waals surface area contributed by atoms with Gasteiger partial charge in [0.15, 0.2) is 5.78 Å². The van der Waals surface area contributed by atoms with Crippen molar-refractivity contribution in [3.63, 3.8) is 0 Å². The highest BCUT2D eigenvalue weighted by Gasteiger charge is 2.19. The van der Waals surface area contributed by atoms with Gasteiger partial charge in [0, 0.05) is 0 Å². The van der Waals surface area contributed by atoms with E-state index in [1.54, 1.807) is 0 Å². The van der Waals surface area contributed by atoms with Gasteiger partial charge >= 0.3 is 0 Å². The molecule has 0 fully saturated rings. The number of nitrogens with one attached hydrogen (secondary N) is 1. The van der Waals surface area contributed by atoms with Crippen molar-refractivity contribution in [2.45, 2.75) is 38.8 Å². The average molecular weight is 248 g/mol. The van der Waals surface area contributed by atoms with Crippen molar-refractivity contribution in [3.8, 4) is 0 Å². The predicted molar refractivity (Wildman–Crippen MR) is 71.0 cm³/mol. The second kappa shape index (κ2) is 6.91. The molecule has 0 aliphatic carbocycles. The summed E-state index contributed by atoms with van der Waals surface area (Å²) >= 11 is 0. The van der Waals surface area contributed by atoms with E-state index in [0.29, 0.717) is 12.8 Å². The Kier molecular flexibility index (Phi) is 5.52. The van der Waals surface area contributed by atoms with Crippen LogP contribution in [0.4, 0.5) is 0 Å². The normalized spacial score (nSPS) is 13.7.